The average Bonchev–Trinajstić information content (AvgIpc) is 2.62. The maximum absolute atomic E-state index is 12.9. The van der Waals surface area contributed by atoms with Crippen LogP contribution in [0.4, 0.5) is 11.4 Å². The first kappa shape index (κ1) is 21.1. The Labute approximate surface area is 169 Å². The van der Waals surface area contributed by atoms with Crippen molar-refractivity contribution < 1.29 is 9.59 Å². The lowest BCUT2D eigenvalue weighted by atomic mass is 10.1. The van der Waals surface area contributed by atoms with Crippen LogP contribution in [0.3, 0.4) is 0 Å². The first-order valence-corrected chi connectivity index (χ1v) is 9.41. The molecule has 0 radical (unpaired) electrons. The molecule has 2 rings (SSSR count). The van der Waals surface area contributed by atoms with Crippen molar-refractivity contribution in [3.8, 4) is 0 Å². The van der Waals surface area contributed by atoms with Crippen molar-refractivity contribution in [1.82, 2.24) is 4.90 Å². The molecule has 0 heterocycles. The van der Waals surface area contributed by atoms with Gasteiger partial charge in [0.2, 0.25) is 0 Å². The van der Waals surface area contributed by atoms with Gasteiger partial charge in [0.25, 0.3) is 11.8 Å². The lowest BCUT2D eigenvalue weighted by molar-refractivity contribution is 0.0773. The molecule has 0 aliphatic carbocycles. The minimum absolute atomic E-state index is 0.0793. The van der Waals surface area contributed by atoms with E-state index in [1.807, 2.05) is 38.9 Å². The molecular formula is C20H23Cl2N3O2. The van der Waals surface area contributed by atoms with E-state index in [1.54, 1.807) is 29.2 Å². The first-order valence-electron chi connectivity index (χ1n) is 8.65. The van der Waals surface area contributed by atoms with Gasteiger partial charge in [-0.15, -0.1) is 0 Å². The number of nitrogens with zero attached hydrogens (tertiary/aromatic N) is 2. The van der Waals surface area contributed by atoms with Crippen LogP contribution in [0.5, 0.6) is 0 Å². The highest BCUT2D eigenvalue weighted by Gasteiger charge is 2.19. The van der Waals surface area contributed by atoms with Crippen LogP contribution >= 0.6 is 23.2 Å². The molecule has 2 aromatic rings. The molecule has 0 saturated heterocycles. The number of halogens is 2. The van der Waals surface area contributed by atoms with Crippen LogP contribution in [0, 0.1) is 0 Å². The Balaban J connectivity index is 2.36. The zero-order chi connectivity index (χ0) is 20.1. The minimum atomic E-state index is -0.365. The Morgan fingerprint density at radius 1 is 0.963 bits per heavy atom. The van der Waals surface area contributed by atoms with E-state index in [-0.39, 0.29) is 16.8 Å². The highest BCUT2D eigenvalue weighted by atomic mass is 35.5. The Kier molecular flexibility index (Phi) is 7.11. The van der Waals surface area contributed by atoms with Gasteiger partial charge >= 0.3 is 0 Å². The van der Waals surface area contributed by atoms with Crippen molar-refractivity contribution in [2.75, 3.05) is 37.4 Å². The summed E-state index contributed by atoms with van der Waals surface area (Å²) in [5.74, 6) is -0.445. The number of hydrogen-bond donors (Lipinski definition) is 1. The quantitative estimate of drug-likeness (QED) is 0.748. The van der Waals surface area contributed by atoms with Gasteiger partial charge in [-0.1, -0.05) is 23.2 Å². The Hall–Kier alpha value is -2.24. The second-order valence-electron chi connectivity index (χ2n) is 6.18. The molecule has 1 N–H and O–H groups in total. The maximum atomic E-state index is 12.9. The van der Waals surface area contributed by atoms with Crippen LogP contribution in [-0.4, -0.2) is 43.9 Å². The van der Waals surface area contributed by atoms with Crippen LogP contribution in [0.2, 0.25) is 10.0 Å². The smallest absolute Gasteiger partial charge is 0.257 e. The van der Waals surface area contributed by atoms with Crippen LogP contribution in [-0.2, 0) is 0 Å². The van der Waals surface area contributed by atoms with Crippen LogP contribution in [0.15, 0.2) is 36.4 Å². The SMILES string of the molecule is CCN(CC)C(=O)c1cc(NC(=O)c2ccc(Cl)cc2Cl)ccc1N(C)C. The van der Waals surface area contributed by atoms with Gasteiger partial charge in [-0.25, -0.2) is 0 Å². The molecule has 0 fully saturated rings. The second kappa shape index (κ2) is 9.11. The maximum Gasteiger partial charge on any atom is 0.257 e. The van der Waals surface area contributed by atoms with E-state index in [0.29, 0.717) is 34.9 Å². The van der Waals surface area contributed by atoms with Gasteiger partial charge in [-0.2, -0.15) is 0 Å². The summed E-state index contributed by atoms with van der Waals surface area (Å²) in [6.45, 7) is 5.09. The molecular weight excluding hydrogens is 385 g/mol. The molecule has 5 nitrogen and oxygen atoms in total. The van der Waals surface area contributed by atoms with Gasteiger partial charge < -0.3 is 15.1 Å². The van der Waals surface area contributed by atoms with E-state index in [2.05, 4.69) is 5.32 Å². The second-order valence-corrected chi connectivity index (χ2v) is 7.03. The van der Waals surface area contributed by atoms with Gasteiger partial charge in [-0.05, 0) is 50.2 Å². The number of hydrogen-bond acceptors (Lipinski definition) is 3. The Morgan fingerprint density at radius 2 is 1.63 bits per heavy atom. The van der Waals surface area contributed by atoms with Gasteiger partial charge in [0.05, 0.1) is 16.1 Å². The number of carbonyl (C=O) groups excluding carboxylic acids is 2. The molecule has 0 aliphatic heterocycles. The van der Waals surface area contributed by atoms with Crippen molar-refractivity contribution >= 4 is 46.4 Å². The van der Waals surface area contributed by atoms with Crippen molar-refractivity contribution in [1.29, 1.82) is 0 Å². The largest absolute Gasteiger partial charge is 0.377 e. The Morgan fingerprint density at radius 3 is 2.19 bits per heavy atom. The van der Waals surface area contributed by atoms with E-state index >= 15 is 0 Å². The lowest BCUT2D eigenvalue weighted by Crippen LogP contribution is -2.31. The standard InChI is InChI=1S/C20H23Cl2N3O2/c1-5-25(6-2)20(27)16-12-14(8-10-18(16)24(3)4)23-19(26)15-9-7-13(21)11-17(15)22/h7-12H,5-6H2,1-4H3,(H,23,26). The van der Waals surface area contributed by atoms with E-state index < -0.39 is 0 Å². The molecule has 0 aromatic heterocycles. The highest BCUT2D eigenvalue weighted by molar-refractivity contribution is 6.37. The highest BCUT2D eigenvalue weighted by Crippen LogP contribution is 2.26. The fraction of sp³-hybridized carbons (Fsp3) is 0.300. The molecule has 144 valence electrons. The summed E-state index contributed by atoms with van der Waals surface area (Å²) >= 11 is 12.0. The topological polar surface area (TPSA) is 52.7 Å². The first-order chi connectivity index (χ1) is 12.8. The predicted octanol–water partition coefficient (Wildman–Crippen LogP) is 4.79. The summed E-state index contributed by atoms with van der Waals surface area (Å²) in [5, 5.41) is 3.52. The number of benzene rings is 2. The van der Waals surface area contributed by atoms with E-state index in [9.17, 15) is 9.59 Å². The molecule has 0 unspecified atom stereocenters. The number of rotatable bonds is 6. The third-order valence-electron chi connectivity index (χ3n) is 4.19. The molecule has 2 aromatic carbocycles. The minimum Gasteiger partial charge on any atom is -0.377 e. The average molecular weight is 408 g/mol. The summed E-state index contributed by atoms with van der Waals surface area (Å²) in [6.07, 6.45) is 0. The zero-order valence-electron chi connectivity index (χ0n) is 15.8. The van der Waals surface area contributed by atoms with Crippen molar-refractivity contribution in [2.24, 2.45) is 0 Å². The fourth-order valence-electron chi connectivity index (χ4n) is 2.73. The molecule has 2 amide bonds. The van der Waals surface area contributed by atoms with Crippen LogP contribution in [0.1, 0.15) is 34.6 Å². The van der Waals surface area contributed by atoms with Gasteiger partial charge in [0.15, 0.2) is 0 Å². The summed E-state index contributed by atoms with van der Waals surface area (Å²) in [6, 6.07) is 9.95. The molecule has 27 heavy (non-hydrogen) atoms. The molecule has 0 saturated carbocycles. The van der Waals surface area contributed by atoms with Gasteiger partial charge in [-0.3, -0.25) is 9.59 Å². The summed E-state index contributed by atoms with van der Waals surface area (Å²) < 4.78 is 0. The predicted molar refractivity (Wildman–Crippen MR) is 112 cm³/mol. The summed E-state index contributed by atoms with van der Waals surface area (Å²) in [5.41, 5.74) is 2.15. The van der Waals surface area contributed by atoms with Crippen LogP contribution in [0.25, 0.3) is 0 Å². The Bertz CT molecular complexity index is 849. The van der Waals surface area contributed by atoms with Crippen molar-refractivity contribution in [2.45, 2.75) is 13.8 Å². The molecule has 0 bridgehead atoms. The number of amides is 2. The molecule has 0 aliphatic rings. The monoisotopic (exact) mass is 407 g/mol. The number of anilines is 2. The van der Waals surface area contributed by atoms with E-state index in [4.69, 9.17) is 23.2 Å². The number of carbonyl (C=O) groups is 2. The summed E-state index contributed by atoms with van der Waals surface area (Å²) in [4.78, 5) is 29.0. The van der Waals surface area contributed by atoms with E-state index in [1.165, 1.54) is 6.07 Å². The molecule has 0 atom stereocenters. The lowest BCUT2D eigenvalue weighted by Gasteiger charge is -2.23. The fourth-order valence-corrected chi connectivity index (χ4v) is 3.22. The van der Waals surface area contributed by atoms with Crippen molar-refractivity contribution in [3.05, 3.63) is 57.6 Å². The van der Waals surface area contributed by atoms with Crippen LogP contribution < -0.4 is 10.2 Å². The third-order valence-corrected chi connectivity index (χ3v) is 4.74. The molecule has 7 heteroatoms. The number of nitrogens with one attached hydrogen (secondary N) is 1. The van der Waals surface area contributed by atoms with Crippen molar-refractivity contribution in [3.63, 3.8) is 0 Å². The third kappa shape index (κ3) is 4.93. The zero-order valence-corrected chi connectivity index (χ0v) is 17.4. The summed E-state index contributed by atoms with van der Waals surface area (Å²) in [7, 11) is 3.75. The van der Waals surface area contributed by atoms with Gasteiger partial charge in [0.1, 0.15) is 0 Å². The molecule has 0 spiro atoms. The van der Waals surface area contributed by atoms with E-state index in [0.717, 1.165) is 5.69 Å². The normalized spacial score (nSPS) is 10.4. The van der Waals surface area contributed by atoms with Gasteiger partial charge in [0, 0.05) is 43.6 Å².